The third-order valence-corrected chi connectivity index (χ3v) is 4.45. The normalized spacial score (nSPS) is 18.5. The number of benzene rings is 1. The van der Waals surface area contributed by atoms with E-state index in [0.717, 1.165) is 36.6 Å². The van der Waals surface area contributed by atoms with Crippen LogP contribution in [0.4, 0.5) is 10.1 Å². The van der Waals surface area contributed by atoms with Crippen molar-refractivity contribution >= 4 is 34.8 Å². The van der Waals surface area contributed by atoms with Gasteiger partial charge in [0, 0.05) is 5.92 Å². The first-order valence-corrected chi connectivity index (χ1v) is 7.25. The second-order valence-electron chi connectivity index (χ2n) is 5.42. The van der Waals surface area contributed by atoms with Crippen LogP contribution in [0.25, 0.3) is 0 Å². The summed E-state index contributed by atoms with van der Waals surface area (Å²) in [5, 5.41) is 0.0283. The summed E-state index contributed by atoms with van der Waals surface area (Å²) in [6, 6.07) is 2.34. The Labute approximate surface area is 125 Å². The first-order chi connectivity index (χ1) is 10.0. The maximum atomic E-state index is 14.0. The van der Waals surface area contributed by atoms with E-state index < -0.39 is 17.5 Å². The molecule has 2 aliphatic rings. The van der Waals surface area contributed by atoms with Crippen LogP contribution >= 0.6 is 11.6 Å². The molecule has 1 fully saturated rings. The van der Waals surface area contributed by atoms with Crippen molar-refractivity contribution in [1.29, 1.82) is 0 Å². The predicted molar refractivity (Wildman–Crippen MR) is 75.1 cm³/mol. The van der Waals surface area contributed by atoms with Crippen molar-refractivity contribution in [3.05, 3.63) is 28.5 Å². The smallest absolute Gasteiger partial charge is 0.297 e. The van der Waals surface area contributed by atoms with E-state index in [1.807, 2.05) is 0 Å². The number of fused-ring (bicyclic) bond motifs is 1. The molecule has 0 N–H and O–H groups in total. The Morgan fingerprint density at radius 2 is 1.95 bits per heavy atom. The Balaban J connectivity index is 1.94. The first kappa shape index (κ1) is 14.2. The van der Waals surface area contributed by atoms with Crippen molar-refractivity contribution in [2.24, 2.45) is 5.92 Å². The topological polar surface area (TPSA) is 54.5 Å². The lowest BCUT2D eigenvalue weighted by atomic mass is 10.0. The number of hydrogen-bond donors (Lipinski definition) is 0. The van der Waals surface area contributed by atoms with Crippen molar-refractivity contribution in [1.82, 2.24) is 0 Å². The van der Waals surface area contributed by atoms with Crippen LogP contribution in [0.1, 0.15) is 36.0 Å². The van der Waals surface area contributed by atoms with Crippen LogP contribution in [-0.4, -0.2) is 24.0 Å². The van der Waals surface area contributed by atoms with Gasteiger partial charge in [0.15, 0.2) is 5.78 Å². The summed E-state index contributed by atoms with van der Waals surface area (Å²) < 4.78 is 14.0. The highest BCUT2D eigenvalue weighted by Crippen LogP contribution is 2.37. The molecule has 0 radical (unpaired) electrons. The van der Waals surface area contributed by atoms with Crippen molar-refractivity contribution in [2.45, 2.75) is 25.7 Å². The van der Waals surface area contributed by atoms with Crippen molar-refractivity contribution in [3.63, 3.8) is 0 Å². The van der Waals surface area contributed by atoms with Gasteiger partial charge in [-0.25, -0.2) is 4.39 Å². The van der Waals surface area contributed by atoms with E-state index in [9.17, 15) is 18.8 Å². The molecule has 1 aromatic rings. The van der Waals surface area contributed by atoms with Crippen LogP contribution in [-0.2, 0) is 9.59 Å². The number of rotatable bonds is 3. The number of anilines is 1. The van der Waals surface area contributed by atoms with Gasteiger partial charge in [0.2, 0.25) is 0 Å². The Hall–Kier alpha value is -1.75. The van der Waals surface area contributed by atoms with Crippen molar-refractivity contribution < 1.29 is 18.8 Å². The fourth-order valence-corrected chi connectivity index (χ4v) is 3.27. The van der Waals surface area contributed by atoms with Crippen LogP contribution < -0.4 is 4.90 Å². The molecule has 0 bridgehead atoms. The summed E-state index contributed by atoms with van der Waals surface area (Å²) in [4.78, 5) is 37.1. The predicted octanol–water partition coefficient (Wildman–Crippen LogP) is 2.77. The minimum atomic E-state index is -0.886. The van der Waals surface area contributed by atoms with Gasteiger partial charge in [0.05, 0.1) is 22.8 Å². The molecule has 4 nitrogen and oxygen atoms in total. The number of carbonyl (C=O) groups is 3. The molecule has 110 valence electrons. The second kappa shape index (κ2) is 5.22. The van der Waals surface area contributed by atoms with Crippen LogP contribution in [0.5, 0.6) is 0 Å². The summed E-state index contributed by atoms with van der Waals surface area (Å²) in [5.74, 6) is -2.68. The minimum Gasteiger partial charge on any atom is -0.297 e. The van der Waals surface area contributed by atoms with E-state index in [-0.39, 0.29) is 34.5 Å². The fraction of sp³-hybridized carbons (Fsp3) is 0.400. The minimum absolute atomic E-state index is 0.0283. The van der Waals surface area contributed by atoms with Gasteiger partial charge in [0.1, 0.15) is 5.82 Å². The number of hydrogen-bond acceptors (Lipinski definition) is 3. The second-order valence-corrected chi connectivity index (χ2v) is 5.83. The highest BCUT2D eigenvalue weighted by molar-refractivity contribution is 6.55. The van der Waals surface area contributed by atoms with Crippen molar-refractivity contribution in [2.75, 3.05) is 11.4 Å². The zero-order valence-corrected chi connectivity index (χ0v) is 12.0. The zero-order valence-electron chi connectivity index (χ0n) is 11.2. The van der Waals surface area contributed by atoms with E-state index in [0.29, 0.717) is 0 Å². The molecule has 1 amide bonds. The summed E-state index contributed by atoms with van der Waals surface area (Å²) in [5.41, 5.74) is -0.301. The Morgan fingerprint density at radius 1 is 1.29 bits per heavy atom. The highest BCUT2D eigenvalue weighted by Gasteiger charge is 2.41. The van der Waals surface area contributed by atoms with Gasteiger partial charge < -0.3 is 0 Å². The van der Waals surface area contributed by atoms with E-state index in [2.05, 4.69) is 0 Å². The summed E-state index contributed by atoms with van der Waals surface area (Å²) in [7, 11) is 0. The molecule has 0 aromatic heterocycles. The zero-order chi connectivity index (χ0) is 15.1. The summed E-state index contributed by atoms with van der Waals surface area (Å²) in [6.07, 6.45) is 3.56. The van der Waals surface area contributed by atoms with E-state index in [4.69, 9.17) is 11.6 Å². The van der Waals surface area contributed by atoms with E-state index >= 15 is 0 Å². The van der Waals surface area contributed by atoms with Gasteiger partial charge in [-0.2, -0.15) is 0 Å². The maximum absolute atomic E-state index is 14.0. The van der Waals surface area contributed by atoms with Gasteiger partial charge in [-0.3, -0.25) is 19.3 Å². The van der Waals surface area contributed by atoms with E-state index in [1.54, 1.807) is 0 Å². The van der Waals surface area contributed by atoms with Gasteiger partial charge in [-0.05, 0) is 25.0 Å². The average Bonchev–Trinajstić information content (AvgIpc) is 3.06. The first-order valence-electron chi connectivity index (χ1n) is 6.87. The van der Waals surface area contributed by atoms with Crippen LogP contribution in [0, 0.1) is 11.7 Å². The Morgan fingerprint density at radius 3 is 2.62 bits per heavy atom. The molecule has 0 atom stereocenters. The Bertz CT molecular complexity index is 653. The van der Waals surface area contributed by atoms with Gasteiger partial charge >= 0.3 is 0 Å². The van der Waals surface area contributed by atoms with Crippen LogP contribution in [0.15, 0.2) is 12.1 Å². The summed E-state index contributed by atoms with van der Waals surface area (Å²) >= 11 is 5.88. The molecule has 0 spiro atoms. The number of Topliss-reactive ketones (excluding diaryl/α,β-unsaturated/α-hetero) is 2. The average molecular weight is 310 g/mol. The molecule has 1 aliphatic heterocycles. The Kier molecular flexibility index (Phi) is 3.53. The molecule has 6 heteroatoms. The fourth-order valence-electron chi connectivity index (χ4n) is 3.04. The lowest BCUT2D eigenvalue weighted by Crippen LogP contribution is -2.37. The van der Waals surface area contributed by atoms with Crippen molar-refractivity contribution in [3.8, 4) is 0 Å². The third-order valence-electron chi connectivity index (χ3n) is 4.14. The monoisotopic (exact) mass is 309 g/mol. The quantitative estimate of drug-likeness (QED) is 0.807. The molecular weight excluding hydrogens is 297 g/mol. The number of ketones is 2. The molecule has 1 aliphatic carbocycles. The number of nitrogens with zero attached hydrogens (tertiary/aromatic N) is 1. The highest BCUT2D eigenvalue weighted by atomic mass is 35.5. The molecule has 3 rings (SSSR count). The number of amides is 1. The van der Waals surface area contributed by atoms with Gasteiger partial charge in [-0.1, -0.05) is 24.4 Å². The SMILES string of the molecule is O=C1C(=O)N(CC(=O)C2CCCC2)c2c(F)ccc(Cl)c21. The molecular formula is C15H13ClFNO3. The van der Waals surface area contributed by atoms with Gasteiger partial charge in [-0.15, -0.1) is 0 Å². The lowest BCUT2D eigenvalue weighted by Gasteiger charge is -2.18. The lowest BCUT2D eigenvalue weighted by molar-refractivity contribution is -0.123. The molecule has 1 saturated carbocycles. The van der Waals surface area contributed by atoms with E-state index in [1.165, 1.54) is 6.07 Å². The molecule has 21 heavy (non-hydrogen) atoms. The van der Waals surface area contributed by atoms with Gasteiger partial charge in [0.25, 0.3) is 11.7 Å². The molecule has 0 saturated heterocycles. The number of halogens is 2. The van der Waals surface area contributed by atoms with Crippen LogP contribution in [0.2, 0.25) is 5.02 Å². The molecule has 1 heterocycles. The molecule has 1 aromatic carbocycles. The summed E-state index contributed by atoms with van der Waals surface area (Å²) in [6.45, 7) is -0.264. The standard InChI is InChI=1S/C15H13ClFNO3/c16-9-5-6-10(17)13-12(9)14(20)15(21)18(13)7-11(19)8-3-1-2-4-8/h5-6,8H,1-4,7H2. The van der Waals surface area contributed by atoms with Crippen LogP contribution in [0.3, 0.4) is 0 Å². The molecule has 0 unspecified atom stereocenters. The third kappa shape index (κ3) is 2.25. The number of carbonyl (C=O) groups excluding carboxylic acids is 3. The maximum Gasteiger partial charge on any atom is 0.300 e. The largest absolute Gasteiger partial charge is 0.300 e.